The first kappa shape index (κ1) is 24.4. The molecule has 1 amide bonds. The van der Waals surface area contributed by atoms with Crippen LogP contribution in [-0.4, -0.2) is 32.7 Å². The summed E-state index contributed by atoms with van der Waals surface area (Å²) in [5.74, 6) is -0.289. The van der Waals surface area contributed by atoms with Crippen molar-refractivity contribution in [1.29, 1.82) is 0 Å². The number of fused-ring (bicyclic) bond motifs is 1. The Morgan fingerprint density at radius 3 is 2.15 bits per heavy atom. The number of benzene rings is 3. The molecule has 5 aromatic rings. The van der Waals surface area contributed by atoms with Gasteiger partial charge in [-0.15, -0.1) is 0 Å². The molecule has 8 heteroatoms. The van der Waals surface area contributed by atoms with Gasteiger partial charge in [0.25, 0.3) is 11.8 Å². The molecular weight excluding hydrogens is 494 g/mol. The molecule has 0 aliphatic heterocycles. The summed E-state index contributed by atoms with van der Waals surface area (Å²) < 4.78 is 11.2. The minimum Gasteiger partial charge on any atom is -0.479 e. The van der Waals surface area contributed by atoms with Crippen LogP contribution in [0.3, 0.4) is 0 Å². The predicted octanol–water partition coefficient (Wildman–Crippen LogP) is 5.63. The van der Waals surface area contributed by atoms with Crippen molar-refractivity contribution in [3.8, 4) is 34.2 Å². The van der Waals surface area contributed by atoms with E-state index < -0.39 is 17.4 Å². The van der Waals surface area contributed by atoms with Crippen molar-refractivity contribution in [2.24, 2.45) is 0 Å². The topological polar surface area (TPSA) is 118 Å². The van der Waals surface area contributed by atoms with Crippen LogP contribution in [0.2, 0.25) is 0 Å². The number of carbonyl (C=O) groups excluding carboxylic acids is 1. The molecule has 194 valence electrons. The number of nitrogens with zero attached hydrogens (tertiary/aromatic N) is 2. The highest BCUT2D eigenvalue weighted by Crippen LogP contribution is 2.34. The third-order valence-electron chi connectivity index (χ3n) is 7.10. The standard InChI is InChI=1S/C31H25N3O5/c1-18-3-7-20(8-4-18)25-13-14-26(38-25)28(35)33-31(30(36)37)16-23-12-11-22(15-24(23)17-31)27-32-29(39-34-27)21-9-5-19(2)6-10-21/h3-15H,16-17H2,1-2H3,(H,33,35)(H,36,37). The SMILES string of the molecule is Cc1ccc(-c2ccc(C(=O)NC3(C(=O)O)Cc4ccc(-c5noc(-c6ccc(C)cc6)n5)cc4C3)o2)cc1. The molecule has 0 saturated carbocycles. The number of furan rings is 1. The molecule has 1 unspecified atom stereocenters. The molecule has 0 bridgehead atoms. The number of aryl methyl sites for hydroxylation is 2. The van der Waals surface area contributed by atoms with Gasteiger partial charge in [-0.25, -0.2) is 4.79 Å². The van der Waals surface area contributed by atoms with Crippen molar-refractivity contribution >= 4 is 11.9 Å². The molecule has 3 aromatic carbocycles. The van der Waals surface area contributed by atoms with E-state index in [1.165, 1.54) is 0 Å². The molecular formula is C31H25N3O5. The van der Waals surface area contributed by atoms with Crippen LogP contribution in [0.4, 0.5) is 0 Å². The van der Waals surface area contributed by atoms with Gasteiger partial charge in [0.05, 0.1) is 0 Å². The van der Waals surface area contributed by atoms with Gasteiger partial charge < -0.3 is 19.4 Å². The van der Waals surface area contributed by atoms with Crippen LogP contribution < -0.4 is 5.32 Å². The zero-order valence-corrected chi connectivity index (χ0v) is 21.4. The molecule has 8 nitrogen and oxygen atoms in total. The van der Waals surface area contributed by atoms with E-state index in [0.717, 1.165) is 33.4 Å². The fourth-order valence-corrected chi connectivity index (χ4v) is 4.87. The van der Waals surface area contributed by atoms with E-state index in [1.54, 1.807) is 12.1 Å². The van der Waals surface area contributed by atoms with Crippen molar-refractivity contribution in [1.82, 2.24) is 15.5 Å². The summed E-state index contributed by atoms with van der Waals surface area (Å²) in [4.78, 5) is 30.1. The van der Waals surface area contributed by atoms with E-state index in [2.05, 4.69) is 15.5 Å². The number of carbonyl (C=O) groups is 2. The van der Waals surface area contributed by atoms with E-state index >= 15 is 0 Å². The first-order valence-corrected chi connectivity index (χ1v) is 12.6. The van der Waals surface area contributed by atoms with Gasteiger partial charge in [-0.05, 0) is 55.3 Å². The van der Waals surface area contributed by atoms with Crippen LogP contribution in [0.5, 0.6) is 0 Å². The first-order valence-electron chi connectivity index (χ1n) is 12.6. The summed E-state index contributed by atoms with van der Waals surface area (Å²) >= 11 is 0. The first-order chi connectivity index (χ1) is 18.8. The normalized spacial score (nSPS) is 16.2. The van der Waals surface area contributed by atoms with Crippen molar-refractivity contribution in [2.45, 2.75) is 32.2 Å². The van der Waals surface area contributed by atoms with Crippen molar-refractivity contribution in [2.75, 3.05) is 0 Å². The fourth-order valence-electron chi connectivity index (χ4n) is 4.87. The van der Waals surface area contributed by atoms with Gasteiger partial charge in [0.2, 0.25) is 5.82 Å². The minimum absolute atomic E-state index is 0.0540. The lowest BCUT2D eigenvalue weighted by molar-refractivity contribution is -0.144. The van der Waals surface area contributed by atoms with E-state index in [9.17, 15) is 14.7 Å². The lowest BCUT2D eigenvalue weighted by Crippen LogP contribution is -2.55. The van der Waals surface area contributed by atoms with Gasteiger partial charge >= 0.3 is 5.97 Å². The maximum Gasteiger partial charge on any atom is 0.330 e. The molecule has 0 spiro atoms. The van der Waals surface area contributed by atoms with Crippen LogP contribution in [0.15, 0.2) is 87.8 Å². The lowest BCUT2D eigenvalue weighted by atomic mass is 9.95. The van der Waals surface area contributed by atoms with Gasteiger partial charge in [-0.1, -0.05) is 64.8 Å². The highest BCUT2D eigenvalue weighted by molar-refractivity contribution is 5.97. The van der Waals surface area contributed by atoms with Crippen LogP contribution >= 0.6 is 0 Å². The Balaban J connectivity index is 1.22. The summed E-state index contributed by atoms with van der Waals surface area (Å²) in [6, 6.07) is 24.3. The van der Waals surface area contributed by atoms with E-state index in [0.29, 0.717) is 23.0 Å². The van der Waals surface area contributed by atoms with Gasteiger partial charge in [0.1, 0.15) is 11.3 Å². The molecule has 0 radical (unpaired) electrons. The highest BCUT2D eigenvalue weighted by atomic mass is 16.5. The number of hydrogen-bond acceptors (Lipinski definition) is 6. The van der Waals surface area contributed by atoms with Crippen molar-refractivity contribution < 1.29 is 23.6 Å². The second-order valence-corrected chi connectivity index (χ2v) is 10.00. The Labute approximate surface area is 224 Å². The third-order valence-corrected chi connectivity index (χ3v) is 7.10. The second kappa shape index (κ2) is 9.40. The number of rotatable bonds is 6. The molecule has 2 aromatic heterocycles. The summed E-state index contributed by atoms with van der Waals surface area (Å²) in [7, 11) is 0. The van der Waals surface area contributed by atoms with Crippen molar-refractivity contribution in [3.63, 3.8) is 0 Å². The molecule has 2 heterocycles. The van der Waals surface area contributed by atoms with Gasteiger partial charge in [-0.3, -0.25) is 4.79 Å². The number of aliphatic carboxylic acids is 1. The van der Waals surface area contributed by atoms with Gasteiger partial charge in [0, 0.05) is 29.5 Å². The zero-order valence-electron chi connectivity index (χ0n) is 21.4. The Morgan fingerprint density at radius 2 is 1.46 bits per heavy atom. The Morgan fingerprint density at radius 1 is 0.821 bits per heavy atom. The molecule has 1 aliphatic carbocycles. The smallest absolute Gasteiger partial charge is 0.330 e. The second-order valence-electron chi connectivity index (χ2n) is 10.00. The number of carboxylic acid groups (broad SMARTS) is 1. The predicted molar refractivity (Wildman–Crippen MR) is 144 cm³/mol. The van der Waals surface area contributed by atoms with E-state index in [4.69, 9.17) is 8.94 Å². The van der Waals surface area contributed by atoms with Crippen molar-refractivity contribution in [3.05, 3.63) is 107 Å². The summed E-state index contributed by atoms with van der Waals surface area (Å²) in [5.41, 5.74) is 4.74. The maximum atomic E-state index is 13.1. The number of aromatic nitrogens is 2. The number of carboxylic acids is 1. The number of nitrogens with one attached hydrogen (secondary N) is 1. The highest BCUT2D eigenvalue weighted by Gasteiger charge is 2.46. The monoisotopic (exact) mass is 519 g/mol. The zero-order chi connectivity index (χ0) is 27.1. The molecule has 39 heavy (non-hydrogen) atoms. The van der Waals surface area contributed by atoms with Crippen LogP contribution in [0.1, 0.15) is 32.8 Å². The minimum atomic E-state index is -1.50. The van der Waals surface area contributed by atoms with Crippen LogP contribution in [0.25, 0.3) is 34.2 Å². The van der Waals surface area contributed by atoms with E-state index in [-0.39, 0.29) is 18.6 Å². The molecule has 0 fully saturated rings. The maximum absolute atomic E-state index is 13.1. The molecule has 1 aliphatic rings. The quantitative estimate of drug-likeness (QED) is 0.298. The van der Waals surface area contributed by atoms with Gasteiger partial charge in [-0.2, -0.15) is 4.98 Å². The Kier molecular flexibility index (Phi) is 5.87. The molecule has 6 rings (SSSR count). The molecule has 1 atom stereocenters. The molecule has 0 saturated heterocycles. The summed E-state index contributed by atoms with van der Waals surface area (Å²) in [6.45, 7) is 3.99. The largest absolute Gasteiger partial charge is 0.479 e. The number of hydrogen-bond donors (Lipinski definition) is 2. The average molecular weight is 520 g/mol. The summed E-state index contributed by atoms with van der Waals surface area (Å²) in [6.07, 6.45) is 0.265. The number of amides is 1. The Hall–Kier alpha value is -4.98. The lowest BCUT2D eigenvalue weighted by Gasteiger charge is -2.24. The Bertz CT molecular complexity index is 1700. The van der Waals surface area contributed by atoms with E-state index in [1.807, 2.05) is 80.6 Å². The van der Waals surface area contributed by atoms with Crippen LogP contribution in [0, 0.1) is 13.8 Å². The average Bonchev–Trinajstić information content (AvgIpc) is 3.68. The fraction of sp³-hybridized carbons (Fsp3) is 0.161. The van der Waals surface area contributed by atoms with Gasteiger partial charge in [0.15, 0.2) is 5.76 Å². The third kappa shape index (κ3) is 4.61. The summed E-state index contributed by atoms with van der Waals surface area (Å²) in [5, 5.41) is 17.0. The molecule has 2 N–H and O–H groups in total. The van der Waals surface area contributed by atoms with Crippen LogP contribution in [-0.2, 0) is 17.6 Å².